The highest BCUT2D eigenvalue weighted by Gasteiger charge is 2.12. The van der Waals surface area contributed by atoms with Crippen molar-refractivity contribution in [3.63, 3.8) is 0 Å². The van der Waals surface area contributed by atoms with Gasteiger partial charge in [0.15, 0.2) is 0 Å². The number of nitrogen functional groups attached to an aromatic ring is 1. The normalized spacial score (nSPS) is 10.3. The molecule has 94 valence electrons. The molecule has 0 atom stereocenters. The Hall–Kier alpha value is -1.07. The maximum absolute atomic E-state index is 12.0. The van der Waals surface area contributed by atoms with Gasteiger partial charge in [-0.2, -0.15) is 0 Å². The number of halogens is 1. The average molecular weight is 300 g/mol. The minimum atomic E-state index is 0.0156. The highest BCUT2D eigenvalue weighted by Crippen LogP contribution is 2.21. The van der Waals surface area contributed by atoms with E-state index in [1.165, 1.54) is 0 Å². The van der Waals surface area contributed by atoms with Crippen LogP contribution in [0.15, 0.2) is 22.7 Å². The Balaban J connectivity index is 2.65. The number of amides is 1. The third-order valence-corrected chi connectivity index (χ3v) is 3.20. The van der Waals surface area contributed by atoms with E-state index in [1.54, 1.807) is 23.1 Å². The highest BCUT2D eigenvalue weighted by atomic mass is 79.9. The summed E-state index contributed by atoms with van der Waals surface area (Å²) in [6.45, 7) is 1.64. The maximum atomic E-state index is 12.0. The lowest BCUT2D eigenvalue weighted by Crippen LogP contribution is -2.29. The average Bonchev–Trinajstić information content (AvgIpc) is 2.32. The van der Waals surface area contributed by atoms with Crippen LogP contribution in [-0.2, 0) is 0 Å². The van der Waals surface area contributed by atoms with Gasteiger partial charge < -0.3 is 16.0 Å². The van der Waals surface area contributed by atoms with Gasteiger partial charge in [-0.25, -0.2) is 0 Å². The summed E-state index contributed by atoms with van der Waals surface area (Å²) in [5.41, 5.74) is 6.97. The van der Waals surface area contributed by atoms with Crippen LogP contribution in [0.4, 0.5) is 5.69 Å². The molecule has 0 bridgehead atoms. The van der Waals surface area contributed by atoms with Crippen LogP contribution < -0.4 is 11.1 Å². The monoisotopic (exact) mass is 299 g/mol. The van der Waals surface area contributed by atoms with Crippen molar-refractivity contribution in [1.29, 1.82) is 0 Å². The number of nitrogens with zero attached hydrogens (tertiary/aromatic N) is 1. The second-order valence-corrected chi connectivity index (χ2v) is 4.77. The minimum absolute atomic E-state index is 0.0156. The molecule has 0 saturated heterocycles. The van der Waals surface area contributed by atoms with Gasteiger partial charge in [0.05, 0.1) is 0 Å². The molecule has 0 aliphatic carbocycles. The molecule has 0 unspecified atom stereocenters. The molecule has 0 fully saturated rings. The van der Waals surface area contributed by atoms with E-state index in [1.807, 2.05) is 14.1 Å². The van der Waals surface area contributed by atoms with Gasteiger partial charge in [-0.1, -0.05) is 0 Å². The van der Waals surface area contributed by atoms with Crippen LogP contribution in [0.25, 0.3) is 0 Å². The highest BCUT2D eigenvalue weighted by molar-refractivity contribution is 9.10. The summed E-state index contributed by atoms with van der Waals surface area (Å²) < 4.78 is 0.756. The van der Waals surface area contributed by atoms with E-state index >= 15 is 0 Å². The number of anilines is 1. The molecule has 0 heterocycles. The number of nitrogens with one attached hydrogen (secondary N) is 1. The van der Waals surface area contributed by atoms with E-state index in [9.17, 15) is 4.79 Å². The topological polar surface area (TPSA) is 58.4 Å². The van der Waals surface area contributed by atoms with Gasteiger partial charge in [0.1, 0.15) is 0 Å². The molecule has 0 saturated carbocycles. The van der Waals surface area contributed by atoms with Gasteiger partial charge in [-0.3, -0.25) is 4.79 Å². The van der Waals surface area contributed by atoms with Crippen molar-refractivity contribution < 1.29 is 4.79 Å². The first-order valence-corrected chi connectivity index (χ1v) is 6.30. The number of nitrogens with two attached hydrogens (primary N) is 1. The van der Waals surface area contributed by atoms with Crippen molar-refractivity contribution in [1.82, 2.24) is 10.2 Å². The third kappa shape index (κ3) is 4.02. The van der Waals surface area contributed by atoms with Gasteiger partial charge in [-0.05, 0) is 54.1 Å². The minimum Gasteiger partial charge on any atom is -0.398 e. The number of hydrogen-bond acceptors (Lipinski definition) is 3. The van der Waals surface area contributed by atoms with Crippen LogP contribution in [0.1, 0.15) is 16.8 Å². The Kier molecular flexibility index (Phi) is 5.44. The first-order chi connectivity index (χ1) is 8.06. The van der Waals surface area contributed by atoms with Gasteiger partial charge >= 0.3 is 0 Å². The van der Waals surface area contributed by atoms with Crippen molar-refractivity contribution in [2.24, 2.45) is 0 Å². The lowest BCUT2D eigenvalue weighted by Gasteiger charge is -2.17. The molecule has 0 aliphatic rings. The fourth-order valence-corrected chi connectivity index (χ4v) is 1.85. The summed E-state index contributed by atoms with van der Waals surface area (Å²) in [4.78, 5) is 13.8. The molecular formula is C12H18BrN3O. The Labute approximate surface area is 110 Å². The van der Waals surface area contributed by atoms with Gasteiger partial charge in [-0.15, -0.1) is 0 Å². The molecule has 1 amide bonds. The summed E-state index contributed by atoms with van der Waals surface area (Å²) in [5, 5.41) is 3.06. The Morgan fingerprint density at radius 3 is 2.82 bits per heavy atom. The first kappa shape index (κ1) is 14.0. The second-order valence-electron chi connectivity index (χ2n) is 3.92. The molecule has 1 rings (SSSR count). The first-order valence-electron chi connectivity index (χ1n) is 5.51. The largest absolute Gasteiger partial charge is 0.398 e. The number of carbonyl (C=O) groups excluding carboxylic acids is 1. The molecule has 0 spiro atoms. The van der Waals surface area contributed by atoms with Gasteiger partial charge in [0.25, 0.3) is 5.91 Å². The van der Waals surface area contributed by atoms with Crippen LogP contribution in [0.3, 0.4) is 0 Å². The molecule has 0 aromatic heterocycles. The van der Waals surface area contributed by atoms with Crippen molar-refractivity contribution >= 4 is 27.5 Å². The lowest BCUT2D eigenvalue weighted by molar-refractivity contribution is 0.0793. The fourth-order valence-electron chi connectivity index (χ4n) is 1.48. The van der Waals surface area contributed by atoms with E-state index in [0.717, 1.165) is 24.0 Å². The molecule has 4 nitrogen and oxygen atoms in total. The van der Waals surface area contributed by atoms with Crippen molar-refractivity contribution in [3.05, 3.63) is 28.2 Å². The van der Waals surface area contributed by atoms with Crippen molar-refractivity contribution in [2.45, 2.75) is 6.42 Å². The van der Waals surface area contributed by atoms with Gasteiger partial charge in [0.2, 0.25) is 0 Å². The van der Waals surface area contributed by atoms with Crippen molar-refractivity contribution in [3.8, 4) is 0 Å². The van der Waals surface area contributed by atoms with Crippen molar-refractivity contribution in [2.75, 3.05) is 32.9 Å². The fraction of sp³-hybridized carbons (Fsp3) is 0.417. The summed E-state index contributed by atoms with van der Waals surface area (Å²) in [6, 6.07) is 5.24. The van der Waals surface area contributed by atoms with E-state index < -0.39 is 0 Å². The summed E-state index contributed by atoms with van der Waals surface area (Å²) in [7, 11) is 3.71. The smallest absolute Gasteiger partial charge is 0.253 e. The van der Waals surface area contributed by atoms with Gasteiger partial charge in [0, 0.05) is 29.3 Å². The van der Waals surface area contributed by atoms with E-state index in [4.69, 9.17) is 5.73 Å². The van der Waals surface area contributed by atoms with E-state index in [2.05, 4.69) is 21.2 Å². The van der Waals surface area contributed by atoms with Crippen LogP contribution in [0.5, 0.6) is 0 Å². The standard InChI is InChI=1S/C12H18BrN3O/c1-15-6-3-7-16(2)12(17)9-4-5-11(14)10(13)8-9/h4-5,8,15H,3,6-7,14H2,1-2H3. The predicted molar refractivity (Wildman–Crippen MR) is 74.1 cm³/mol. The van der Waals surface area contributed by atoms with E-state index in [-0.39, 0.29) is 5.91 Å². The Bertz CT molecular complexity index is 395. The Morgan fingerprint density at radius 1 is 1.53 bits per heavy atom. The molecular weight excluding hydrogens is 282 g/mol. The molecule has 17 heavy (non-hydrogen) atoms. The maximum Gasteiger partial charge on any atom is 0.253 e. The summed E-state index contributed by atoms with van der Waals surface area (Å²) in [5.74, 6) is 0.0156. The zero-order valence-electron chi connectivity index (χ0n) is 10.2. The number of benzene rings is 1. The number of hydrogen-bond donors (Lipinski definition) is 2. The van der Waals surface area contributed by atoms with Crippen LogP contribution in [0, 0.1) is 0 Å². The third-order valence-electron chi connectivity index (χ3n) is 2.51. The molecule has 0 aliphatic heterocycles. The second kappa shape index (κ2) is 6.61. The van der Waals surface area contributed by atoms with Crippen LogP contribution in [0.2, 0.25) is 0 Å². The van der Waals surface area contributed by atoms with E-state index in [0.29, 0.717) is 11.3 Å². The lowest BCUT2D eigenvalue weighted by atomic mass is 10.2. The SMILES string of the molecule is CNCCCN(C)C(=O)c1ccc(N)c(Br)c1. The molecule has 3 N–H and O–H groups in total. The zero-order valence-corrected chi connectivity index (χ0v) is 11.8. The quantitative estimate of drug-likeness (QED) is 0.643. The molecule has 5 heteroatoms. The predicted octanol–water partition coefficient (Wildman–Crippen LogP) is 1.71. The summed E-state index contributed by atoms with van der Waals surface area (Å²) in [6.07, 6.45) is 0.939. The number of rotatable bonds is 5. The number of carbonyl (C=O) groups is 1. The zero-order chi connectivity index (χ0) is 12.8. The molecule has 1 aromatic rings. The molecule has 0 radical (unpaired) electrons. The summed E-state index contributed by atoms with van der Waals surface area (Å²) >= 11 is 3.32. The Morgan fingerprint density at radius 2 is 2.24 bits per heavy atom. The van der Waals surface area contributed by atoms with Crippen LogP contribution >= 0.6 is 15.9 Å². The van der Waals surface area contributed by atoms with Crippen LogP contribution in [-0.4, -0.2) is 38.0 Å². The molecule has 1 aromatic carbocycles.